The highest BCUT2D eigenvalue weighted by molar-refractivity contribution is 6.05. The molecule has 0 saturated heterocycles. The van der Waals surface area contributed by atoms with Crippen LogP contribution in [0.25, 0.3) is 10.8 Å². The number of hydrogen-bond acceptors (Lipinski definition) is 5. The maximum absolute atomic E-state index is 6.06. The van der Waals surface area contributed by atoms with Gasteiger partial charge in [0.25, 0.3) is 0 Å². The Kier molecular flexibility index (Phi) is 3.64. The molecule has 5 nitrogen and oxygen atoms in total. The molecule has 1 heterocycles. The van der Waals surface area contributed by atoms with E-state index in [1.807, 2.05) is 6.07 Å². The summed E-state index contributed by atoms with van der Waals surface area (Å²) < 4.78 is 10.8. The van der Waals surface area contributed by atoms with Crippen LogP contribution in [0.3, 0.4) is 0 Å². The molecule has 0 aliphatic carbocycles. The van der Waals surface area contributed by atoms with Gasteiger partial charge in [0.1, 0.15) is 5.82 Å². The Bertz CT molecular complexity index is 597. The Labute approximate surface area is 112 Å². The van der Waals surface area contributed by atoms with Gasteiger partial charge in [-0.25, -0.2) is 4.98 Å². The normalized spacial score (nSPS) is 10.8. The maximum atomic E-state index is 6.06. The number of fused-ring (bicyclic) bond motifs is 1. The largest absolute Gasteiger partial charge is 0.493 e. The molecule has 5 heteroatoms. The minimum atomic E-state index is 0.259. The Balaban J connectivity index is 2.80. The molecule has 1 aromatic heterocycles. The smallest absolute Gasteiger partial charge is 0.172 e. The van der Waals surface area contributed by atoms with Gasteiger partial charge in [0, 0.05) is 29.4 Å². The van der Waals surface area contributed by atoms with Gasteiger partial charge in [-0.2, -0.15) is 0 Å². The molecular formula is C14H19N3O2. The molecule has 0 fully saturated rings. The third kappa shape index (κ3) is 2.36. The van der Waals surface area contributed by atoms with Gasteiger partial charge in [0.15, 0.2) is 11.5 Å². The summed E-state index contributed by atoms with van der Waals surface area (Å²) in [5.41, 5.74) is 6.71. The second kappa shape index (κ2) is 5.22. The van der Waals surface area contributed by atoms with Gasteiger partial charge in [-0.1, -0.05) is 0 Å². The zero-order valence-corrected chi connectivity index (χ0v) is 11.7. The number of hydrogen-bond donors (Lipinski definition) is 2. The molecule has 0 aliphatic heterocycles. The highest BCUT2D eigenvalue weighted by Gasteiger charge is 2.16. The molecule has 3 N–H and O–H groups in total. The molecule has 0 amide bonds. The Hall–Kier alpha value is -2.17. The Morgan fingerprint density at radius 2 is 2.00 bits per heavy atom. The maximum Gasteiger partial charge on any atom is 0.172 e. The van der Waals surface area contributed by atoms with E-state index >= 15 is 0 Å². The molecular weight excluding hydrogens is 242 g/mol. The number of nitrogens with one attached hydrogen (secondary N) is 1. The number of anilines is 2. The molecule has 2 rings (SSSR count). The van der Waals surface area contributed by atoms with Gasteiger partial charge in [-0.3, -0.25) is 0 Å². The zero-order valence-electron chi connectivity index (χ0n) is 11.7. The molecule has 19 heavy (non-hydrogen) atoms. The van der Waals surface area contributed by atoms with Crippen LogP contribution in [-0.4, -0.2) is 25.2 Å². The molecule has 0 saturated carbocycles. The van der Waals surface area contributed by atoms with E-state index < -0.39 is 0 Å². The quantitative estimate of drug-likeness (QED) is 0.828. The van der Waals surface area contributed by atoms with E-state index in [9.17, 15) is 0 Å². The molecule has 0 radical (unpaired) electrons. The fourth-order valence-corrected chi connectivity index (χ4v) is 2.08. The van der Waals surface area contributed by atoms with E-state index in [0.29, 0.717) is 17.2 Å². The fourth-order valence-electron chi connectivity index (χ4n) is 2.08. The average Bonchev–Trinajstić information content (AvgIpc) is 2.38. The van der Waals surface area contributed by atoms with Gasteiger partial charge < -0.3 is 20.5 Å². The number of nitrogens with two attached hydrogens (primary N) is 1. The number of nitrogen functional groups attached to an aromatic ring is 1. The van der Waals surface area contributed by atoms with Gasteiger partial charge in [0.2, 0.25) is 0 Å². The van der Waals surface area contributed by atoms with E-state index in [1.54, 1.807) is 26.5 Å². The van der Waals surface area contributed by atoms with E-state index in [0.717, 1.165) is 16.6 Å². The molecule has 0 bridgehead atoms. The molecule has 0 atom stereocenters. The second-order valence-corrected chi connectivity index (χ2v) is 4.58. The highest BCUT2D eigenvalue weighted by atomic mass is 16.5. The molecule has 0 unspecified atom stereocenters. The molecule has 0 aliphatic rings. The van der Waals surface area contributed by atoms with Gasteiger partial charge >= 0.3 is 0 Å². The summed E-state index contributed by atoms with van der Waals surface area (Å²) in [7, 11) is 3.20. The number of aromatic nitrogens is 1. The summed E-state index contributed by atoms with van der Waals surface area (Å²) >= 11 is 0. The third-order valence-corrected chi connectivity index (χ3v) is 2.85. The van der Waals surface area contributed by atoms with Crippen LogP contribution >= 0.6 is 0 Å². The first-order chi connectivity index (χ1) is 9.08. The van der Waals surface area contributed by atoms with Crippen LogP contribution in [0.4, 0.5) is 11.5 Å². The van der Waals surface area contributed by atoms with Crippen molar-refractivity contribution in [1.82, 2.24) is 4.98 Å². The minimum absolute atomic E-state index is 0.259. The van der Waals surface area contributed by atoms with Crippen LogP contribution in [0.5, 0.6) is 11.5 Å². The van der Waals surface area contributed by atoms with Crippen molar-refractivity contribution in [1.29, 1.82) is 0 Å². The van der Waals surface area contributed by atoms with Gasteiger partial charge in [0.05, 0.1) is 19.6 Å². The average molecular weight is 261 g/mol. The first-order valence-electron chi connectivity index (χ1n) is 6.14. The van der Waals surface area contributed by atoms with Crippen molar-refractivity contribution in [3.05, 3.63) is 18.3 Å². The standard InChI is InChI=1S/C14H19N3O2/c1-8(2)17-14-12-9(5-6-16-14)10(15)7-11(18-3)13(12)19-4/h5-8H,15H2,1-4H3,(H,16,17). The van der Waals surface area contributed by atoms with Crippen molar-refractivity contribution in [2.24, 2.45) is 0 Å². The molecule has 0 spiro atoms. The van der Waals surface area contributed by atoms with Gasteiger partial charge in [-0.05, 0) is 19.9 Å². The summed E-state index contributed by atoms with van der Waals surface area (Å²) in [5, 5.41) is 5.04. The first kappa shape index (κ1) is 13.3. The van der Waals surface area contributed by atoms with Crippen molar-refractivity contribution in [3.8, 4) is 11.5 Å². The highest BCUT2D eigenvalue weighted by Crippen LogP contribution is 2.42. The summed E-state index contributed by atoms with van der Waals surface area (Å²) in [4.78, 5) is 4.37. The SMILES string of the molecule is COc1cc(N)c2ccnc(NC(C)C)c2c1OC. The van der Waals surface area contributed by atoms with E-state index in [2.05, 4.69) is 24.1 Å². The minimum Gasteiger partial charge on any atom is -0.493 e. The van der Waals surface area contributed by atoms with Crippen LogP contribution in [-0.2, 0) is 0 Å². The van der Waals surface area contributed by atoms with Crippen molar-refractivity contribution in [2.75, 3.05) is 25.3 Å². The third-order valence-electron chi connectivity index (χ3n) is 2.85. The van der Waals surface area contributed by atoms with Crippen LogP contribution in [0.2, 0.25) is 0 Å². The zero-order chi connectivity index (χ0) is 14.0. The van der Waals surface area contributed by atoms with Gasteiger partial charge in [-0.15, -0.1) is 0 Å². The number of rotatable bonds is 4. The van der Waals surface area contributed by atoms with Crippen LogP contribution < -0.4 is 20.5 Å². The summed E-state index contributed by atoms with van der Waals surface area (Å²) in [5.74, 6) is 1.99. The summed E-state index contributed by atoms with van der Waals surface area (Å²) in [6.45, 7) is 4.10. The first-order valence-corrected chi connectivity index (χ1v) is 6.14. The predicted molar refractivity (Wildman–Crippen MR) is 78.0 cm³/mol. The van der Waals surface area contributed by atoms with E-state index in [-0.39, 0.29) is 6.04 Å². The van der Waals surface area contributed by atoms with Crippen LogP contribution in [0, 0.1) is 0 Å². The molecule has 102 valence electrons. The number of pyridine rings is 1. The number of nitrogens with zero attached hydrogens (tertiary/aromatic N) is 1. The molecule has 1 aromatic carbocycles. The molecule has 2 aromatic rings. The number of benzene rings is 1. The predicted octanol–water partition coefficient (Wildman–Crippen LogP) is 2.65. The Morgan fingerprint density at radius 3 is 2.58 bits per heavy atom. The van der Waals surface area contributed by atoms with E-state index in [1.165, 1.54) is 0 Å². The number of ether oxygens (including phenoxy) is 2. The summed E-state index contributed by atoms with van der Waals surface area (Å²) in [6, 6.07) is 3.90. The monoisotopic (exact) mass is 261 g/mol. The lowest BCUT2D eigenvalue weighted by Crippen LogP contribution is -2.12. The van der Waals surface area contributed by atoms with Crippen molar-refractivity contribution < 1.29 is 9.47 Å². The topological polar surface area (TPSA) is 69.4 Å². The van der Waals surface area contributed by atoms with E-state index in [4.69, 9.17) is 15.2 Å². The van der Waals surface area contributed by atoms with Crippen molar-refractivity contribution in [3.63, 3.8) is 0 Å². The lowest BCUT2D eigenvalue weighted by Gasteiger charge is -2.17. The van der Waals surface area contributed by atoms with Crippen LogP contribution in [0.15, 0.2) is 18.3 Å². The second-order valence-electron chi connectivity index (χ2n) is 4.58. The van der Waals surface area contributed by atoms with Crippen molar-refractivity contribution >= 4 is 22.3 Å². The van der Waals surface area contributed by atoms with Crippen LogP contribution in [0.1, 0.15) is 13.8 Å². The lowest BCUT2D eigenvalue weighted by molar-refractivity contribution is 0.359. The fraction of sp³-hybridized carbons (Fsp3) is 0.357. The van der Waals surface area contributed by atoms with Crippen molar-refractivity contribution in [2.45, 2.75) is 19.9 Å². The number of methoxy groups -OCH3 is 2. The summed E-state index contributed by atoms with van der Waals surface area (Å²) in [6.07, 6.45) is 1.73. The Morgan fingerprint density at radius 1 is 1.26 bits per heavy atom. The lowest BCUT2D eigenvalue weighted by atomic mass is 10.1.